The monoisotopic (exact) mass is 323 g/mol. The van der Waals surface area contributed by atoms with E-state index in [1.807, 2.05) is 6.92 Å². The Morgan fingerprint density at radius 3 is 2.68 bits per heavy atom. The van der Waals surface area contributed by atoms with Crippen molar-refractivity contribution in [3.63, 3.8) is 0 Å². The highest BCUT2D eigenvalue weighted by atomic mass is 32.1. The van der Waals surface area contributed by atoms with Gasteiger partial charge >= 0.3 is 6.18 Å². The topological polar surface area (TPSA) is 41.6 Å². The lowest BCUT2D eigenvalue weighted by Gasteiger charge is -2.10. The van der Waals surface area contributed by atoms with Gasteiger partial charge in [0, 0.05) is 23.1 Å². The maximum atomic E-state index is 13.1. The molecular formula is C15H12F3N3S. The molecule has 22 heavy (non-hydrogen) atoms. The second-order valence-corrected chi connectivity index (χ2v) is 5.76. The SMILES string of the molecule is Cc1[nH]cnc1Cc1nc(-c2ccccc2C(F)(F)F)cs1. The number of benzene rings is 1. The zero-order valence-electron chi connectivity index (χ0n) is 11.6. The van der Waals surface area contributed by atoms with Gasteiger partial charge in [0.15, 0.2) is 0 Å². The Hall–Kier alpha value is -2.15. The fourth-order valence-corrected chi connectivity index (χ4v) is 2.98. The van der Waals surface area contributed by atoms with Gasteiger partial charge in [0.25, 0.3) is 0 Å². The second-order valence-electron chi connectivity index (χ2n) is 4.82. The number of rotatable bonds is 3. The molecule has 0 spiro atoms. The fourth-order valence-electron chi connectivity index (χ4n) is 2.18. The van der Waals surface area contributed by atoms with Crippen LogP contribution in [-0.4, -0.2) is 15.0 Å². The number of aromatic nitrogens is 3. The average Bonchev–Trinajstić information content (AvgIpc) is 3.09. The largest absolute Gasteiger partial charge is 0.417 e. The minimum atomic E-state index is -4.39. The number of aromatic amines is 1. The standard InChI is InChI=1S/C15H12F3N3S/c1-9-12(20-8-19-9)6-14-21-13(7-22-14)10-4-2-3-5-11(10)15(16,17)18/h2-5,7-8H,6H2,1H3,(H,19,20). The number of thiazole rings is 1. The molecule has 3 nitrogen and oxygen atoms in total. The number of nitrogens with zero attached hydrogens (tertiary/aromatic N) is 2. The highest BCUT2D eigenvalue weighted by Crippen LogP contribution is 2.37. The molecule has 0 aliphatic rings. The van der Waals surface area contributed by atoms with Crippen molar-refractivity contribution >= 4 is 11.3 Å². The van der Waals surface area contributed by atoms with Gasteiger partial charge in [-0.2, -0.15) is 13.2 Å². The van der Waals surface area contributed by atoms with E-state index in [-0.39, 0.29) is 5.56 Å². The maximum absolute atomic E-state index is 13.1. The molecule has 3 rings (SSSR count). The molecule has 0 atom stereocenters. The number of H-pyrrole nitrogens is 1. The van der Waals surface area contributed by atoms with Gasteiger partial charge in [-0.15, -0.1) is 11.3 Å². The van der Waals surface area contributed by atoms with Crippen LogP contribution < -0.4 is 0 Å². The third-order valence-electron chi connectivity index (χ3n) is 3.31. The number of hydrogen-bond acceptors (Lipinski definition) is 3. The van der Waals surface area contributed by atoms with E-state index in [2.05, 4.69) is 15.0 Å². The first-order valence-electron chi connectivity index (χ1n) is 6.55. The molecule has 0 bridgehead atoms. The predicted molar refractivity (Wildman–Crippen MR) is 78.7 cm³/mol. The van der Waals surface area contributed by atoms with Crippen LogP contribution in [0.2, 0.25) is 0 Å². The maximum Gasteiger partial charge on any atom is 0.417 e. The lowest BCUT2D eigenvalue weighted by molar-refractivity contribution is -0.137. The summed E-state index contributed by atoms with van der Waals surface area (Å²) in [7, 11) is 0. The van der Waals surface area contributed by atoms with Crippen molar-refractivity contribution in [3.05, 3.63) is 57.9 Å². The molecule has 3 aromatic rings. The van der Waals surface area contributed by atoms with Crippen LogP contribution >= 0.6 is 11.3 Å². The molecule has 114 valence electrons. The van der Waals surface area contributed by atoms with Crippen molar-refractivity contribution < 1.29 is 13.2 Å². The molecule has 0 radical (unpaired) electrons. The molecule has 0 aliphatic carbocycles. The van der Waals surface area contributed by atoms with E-state index in [9.17, 15) is 13.2 Å². The van der Waals surface area contributed by atoms with Crippen molar-refractivity contribution in [3.8, 4) is 11.3 Å². The van der Waals surface area contributed by atoms with Gasteiger partial charge in [0.05, 0.1) is 28.3 Å². The molecule has 0 saturated carbocycles. The van der Waals surface area contributed by atoms with Crippen LogP contribution in [0, 0.1) is 6.92 Å². The summed E-state index contributed by atoms with van der Waals surface area (Å²) in [6, 6.07) is 5.49. The van der Waals surface area contributed by atoms with Crippen LogP contribution in [0.1, 0.15) is 22.0 Å². The number of hydrogen-bond donors (Lipinski definition) is 1. The number of halogens is 3. The van der Waals surface area contributed by atoms with Crippen LogP contribution in [0.4, 0.5) is 13.2 Å². The van der Waals surface area contributed by atoms with E-state index < -0.39 is 11.7 Å². The van der Waals surface area contributed by atoms with Crippen molar-refractivity contribution in [2.75, 3.05) is 0 Å². The van der Waals surface area contributed by atoms with Crippen LogP contribution in [0.5, 0.6) is 0 Å². The fraction of sp³-hybridized carbons (Fsp3) is 0.200. The van der Waals surface area contributed by atoms with Gasteiger partial charge < -0.3 is 4.98 Å². The molecule has 0 aliphatic heterocycles. The third kappa shape index (κ3) is 2.89. The van der Waals surface area contributed by atoms with Gasteiger partial charge in [-0.25, -0.2) is 9.97 Å². The highest BCUT2D eigenvalue weighted by molar-refractivity contribution is 7.10. The molecule has 0 unspecified atom stereocenters. The van der Waals surface area contributed by atoms with Crippen LogP contribution in [0.15, 0.2) is 36.0 Å². The first-order chi connectivity index (χ1) is 10.4. The molecule has 0 saturated heterocycles. The minimum absolute atomic E-state index is 0.108. The molecule has 7 heteroatoms. The summed E-state index contributed by atoms with van der Waals surface area (Å²) < 4.78 is 39.2. The molecule has 0 fully saturated rings. The number of imidazole rings is 1. The van der Waals surface area contributed by atoms with Gasteiger partial charge in [-0.1, -0.05) is 18.2 Å². The van der Waals surface area contributed by atoms with E-state index >= 15 is 0 Å². The summed E-state index contributed by atoms with van der Waals surface area (Å²) in [6.07, 6.45) is -2.29. The summed E-state index contributed by atoms with van der Waals surface area (Å²) >= 11 is 1.34. The second kappa shape index (κ2) is 5.57. The molecule has 1 N–H and O–H groups in total. The van der Waals surface area contributed by atoms with Gasteiger partial charge in [0.2, 0.25) is 0 Å². The zero-order valence-corrected chi connectivity index (χ0v) is 12.4. The van der Waals surface area contributed by atoms with E-state index in [0.29, 0.717) is 12.1 Å². The van der Waals surface area contributed by atoms with E-state index in [4.69, 9.17) is 0 Å². The van der Waals surface area contributed by atoms with E-state index in [1.54, 1.807) is 17.8 Å². The number of aryl methyl sites for hydroxylation is 1. The summed E-state index contributed by atoms with van der Waals surface area (Å²) in [5.74, 6) is 0. The van der Waals surface area contributed by atoms with Crippen molar-refractivity contribution in [1.82, 2.24) is 15.0 Å². The van der Waals surface area contributed by atoms with Gasteiger partial charge in [0.1, 0.15) is 0 Å². The normalized spacial score (nSPS) is 11.8. The zero-order chi connectivity index (χ0) is 15.7. The van der Waals surface area contributed by atoms with Crippen LogP contribution in [0.3, 0.4) is 0 Å². The summed E-state index contributed by atoms with van der Waals surface area (Å²) in [5.41, 5.74) is 1.58. The smallest absolute Gasteiger partial charge is 0.348 e. The molecule has 0 amide bonds. The highest BCUT2D eigenvalue weighted by Gasteiger charge is 2.33. The predicted octanol–water partition coefficient (Wildman–Crippen LogP) is 4.45. The van der Waals surface area contributed by atoms with E-state index in [0.717, 1.165) is 22.5 Å². The molecule has 2 aromatic heterocycles. The van der Waals surface area contributed by atoms with Crippen LogP contribution in [0.25, 0.3) is 11.3 Å². The Morgan fingerprint density at radius 2 is 2.00 bits per heavy atom. The lowest BCUT2D eigenvalue weighted by Crippen LogP contribution is -2.06. The molecule has 1 aromatic carbocycles. The van der Waals surface area contributed by atoms with E-state index in [1.165, 1.54) is 23.5 Å². The number of alkyl halides is 3. The first-order valence-corrected chi connectivity index (χ1v) is 7.43. The lowest BCUT2D eigenvalue weighted by atomic mass is 10.1. The Morgan fingerprint density at radius 1 is 1.23 bits per heavy atom. The summed E-state index contributed by atoms with van der Waals surface area (Å²) in [4.78, 5) is 11.5. The summed E-state index contributed by atoms with van der Waals surface area (Å²) in [6.45, 7) is 1.90. The molecule has 2 heterocycles. The third-order valence-corrected chi connectivity index (χ3v) is 4.16. The number of nitrogens with one attached hydrogen (secondary N) is 1. The quantitative estimate of drug-likeness (QED) is 0.773. The van der Waals surface area contributed by atoms with Crippen molar-refractivity contribution in [1.29, 1.82) is 0 Å². The summed E-state index contributed by atoms with van der Waals surface area (Å²) in [5, 5.41) is 2.39. The van der Waals surface area contributed by atoms with Crippen molar-refractivity contribution in [2.24, 2.45) is 0 Å². The van der Waals surface area contributed by atoms with Crippen molar-refractivity contribution in [2.45, 2.75) is 19.5 Å². The Balaban J connectivity index is 1.93. The minimum Gasteiger partial charge on any atom is -0.348 e. The van der Waals surface area contributed by atoms with Gasteiger partial charge in [-0.3, -0.25) is 0 Å². The Labute approximate surface area is 128 Å². The average molecular weight is 323 g/mol. The Kier molecular flexibility index (Phi) is 3.74. The Bertz CT molecular complexity index is 789. The first kappa shape index (κ1) is 14.8. The molecular weight excluding hydrogens is 311 g/mol. The van der Waals surface area contributed by atoms with Crippen LogP contribution in [-0.2, 0) is 12.6 Å². The van der Waals surface area contributed by atoms with Gasteiger partial charge in [-0.05, 0) is 13.0 Å².